The van der Waals surface area contributed by atoms with Gasteiger partial charge in [-0.1, -0.05) is 12.1 Å². The third kappa shape index (κ3) is 3.68. The number of aromatic nitrogens is 2. The Bertz CT molecular complexity index is 561. The van der Waals surface area contributed by atoms with Crippen molar-refractivity contribution in [2.45, 2.75) is 19.3 Å². The van der Waals surface area contributed by atoms with Crippen LogP contribution in [0.4, 0.5) is 0 Å². The van der Waals surface area contributed by atoms with Crippen molar-refractivity contribution in [2.24, 2.45) is 5.73 Å². The average molecular weight is 273 g/mol. The van der Waals surface area contributed by atoms with E-state index in [4.69, 9.17) is 10.5 Å². The van der Waals surface area contributed by atoms with E-state index in [1.165, 1.54) is 4.57 Å². The van der Waals surface area contributed by atoms with E-state index < -0.39 is 0 Å². The Morgan fingerprint density at radius 1 is 1.30 bits per heavy atom. The monoisotopic (exact) mass is 273 g/mol. The van der Waals surface area contributed by atoms with Crippen LogP contribution in [0.2, 0.25) is 0 Å². The first-order valence-corrected chi connectivity index (χ1v) is 6.62. The average Bonchev–Trinajstić information content (AvgIpc) is 2.94. The molecule has 1 aromatic carbocycles. The Balaban J connectivity index is 1.90. The number of rotatable bonds is 6. The van der Waals surface area contributed by atoms with Crippen LogP contribution in [0.5, 0.6) is 5.75 Å². The predicted molar refractivity (Wildman–Crippen MR) is 76.9 cm³/mol. The molecule has 5 nitrogen and oxygen atoms in total. The Labute approximate surface area is 118 Å². The third-order valence-electron chi connectivity index (χ3n) is 3.11. The second-order valence-corrected chi connectivity index (χ2v) is 4.55. The number of benzene rings is 1. The number of methoxy groups -OCH3 is 1. The molecule has 0 aliphatic carbocycles. The lowest BCUT2D eigenvalue weighted by Crippen LogP contribution is -2.09. The third-order valence-corrected chi connectivity index (χ3v) is 3.11. The summed E-state index contributed by atoms with van der Waals surface area (Å²) >= 11 is 0. The molecule has 0 fully saturated rings. The lowest BCUT2D eigenvalue weighted by Gasteiger charge is -2.03. The van der Waals surface area contributed by atoms with Crippen molar-refractivity contribution in [1.82, 2.24) is 9.55 Å². The van der Waals surface area contributed by atoms with Gasteiger partial charge in [0.05, 0.1) is 12.8 Å². The minimum Gasteiger partial charge on any atom is -0.497 e. The summed E-state index contributed by atoms with van der Waals surface area (Å²) in [5.74, 6) is 0.859. The van der Waals surface area contributed by atoms with Crippen molar-refractivity contribution in [2.75, 3.05) is 13.7 Å². The van der Waals surface area contributed by atoms with Crippen LogP contribution in [0.1, 0.15) is 22.5 Å². The number of ether oxygens (including phenoxy) is 1. The standard InChI is InChI=1S/C15H19N3O2/c1-20-14-5-2-12(3-6-14)4-7-15(19)18-10-13(8-9-16)17-11-18/h2-3,5-6,10-11H,4,7-9,16H2,1H3. The van der Waals surface area contributed by atoms with Crippen molar-refractivity contribution in [3.63, 3.8) is 0 Å². The number of carbonyl (C=O) groups excluding carboxylic acids is 1. The SMILES string of the molecule is COc1ccc(CCC(=O)n2cnc(CCN)c2)cc1. The van der Waals surface area contributed by atoms with E-state index in [-0.39, 0.29) is 5.91 Å². The lowest BCUT2D eigenvalue weighted by molar-refractivity contribution is 0.0902. The molecule has 2 aromatic rings. The van der Waals surface area contributed by atoms with E-state index in [0.29, 0.717) is 25.8 Å². The molecule has 0 aliphatic rings. The molecule has 0 saturated carbocycles. The largest absolute Gasteiger partial charge is 0.497 e. The predicted octanol–water partition coefficient (Wildman–Crippen LogP) is 1.67. The van der Waals surface area contributed by atoms with E-state index in [0.717, 1.165) is 17.0 Å². The van der Waals surface area contributed by atoms with Crippen LogP contribution in [0.15, 0.2) is 36.8 Å². The van der Waals surface area contributed by atoms with Crippen molar-refractivity contribution in [1.29, 1.82) is 0 Å². The minimum atomic E-state index is 0.0385. The molecule has 0 aliphatic heterocycles. The van der Waals surface area contributed by atoms with Gasteiger partial charge in [0.1, 0.15) is 12.1 Å². The first kappa shape index (κ1) is 14.3. The highest BCUT2D eigenvalue weighted by Crippen LogP contribution is 2.13. The summed E-state index contributed by atoms with van der Waals surface area (Å²) in [6, 6.07) is 7.74. The van der Waals surface area contributed by atoms with Crippen molar-refractivity contribution in [3.8, 4) is 5.75 Å². The molecule has 0 amide bonds. The lowest BCUT2D eigenvalue weighted by atomic mass is 10.1. The van der Waals surface area contributed by atoms with Gasteiger partial charge in [0.15, 0.2) is 0 Å². The zero-order valence-corrected chi connectivity index (χ0v) is 11.6. The molecule has 106 valence electrons. The fourth-order valence-electron chi connectivity index (χ4n) is 1.95. The Morgan fingerprint density at radius 2 is 2.05 bits per heavy atom. The fraction of sp³-hybridized carbons (Fsp3) is 0.333. The molecule has 0 radical (unpaired) electrons. The molecule has 1 heterocycles. The molecule has 0 unspecified atom stereocenters. The number of imidazole rings is 1. The number of hydrogen-bond donors (Lipinski definition) is 1. The number of aryl methyl sites for hydroxylation is 1. The van der Waals surface area contributed by atoms with Gasteiger partial charge in [0, 0.05) is 19.0 Å². The van der Waals surface area contributed by atoms with Crippen LogP contribution >= 0.6 is 0 Å². The van der Waals surface area contributed by atoms with Crippen LogP contribution in [-0.2, 0) is 12.8 Å². The van der Waals surface area contributed by atoms with Crippen LogP contribution in [-0.4, -0.2) is 29.1 Å². The Kier molecular flexibility index (Phi) is 4.90. The van der Waals surface area contributed by atoms with Crippen LogP contribution in [0.3, 0.4) is 0 Å². The summed E-state index contributed by atoms with van der Waals surface area (Å²) in [5.41, 5.74) is 7.42. The first-order valence-electron chi connectivity index (χ1n) is 6.62. The van der Waals surface area contributed by atoms with E-state index in [1.54, 1.807) is 19.6 Å². The first-order chi connectivity index (χ1) is 9.72. The van der Waals surface area contributed by atoms with E-state index in [1.807, 2.05) is 24.3 Å². The molecule has 5 heteroatoms. The van der Waals surface area contributed by atoms with E-state index in [9.17, 15) is 4.79 Å². The molecule has 2 rings (SSSR count). The molecule has 0 saturated heterocycles. The second-order valence-electron chi connectivity index (χ2n) is 4.55. The number of carbonyl (C=O) groups is 1. The van der Waals surface area contributed by atoms with Crippen molar-refractivity contribution >= 4 is 5.91 Å². The summed E-state index contributed by atoms with van der Waals surface area (Å²) in [6.07, 6.45) is 5.15. The number of nitrogens with two attached hydrogens (primary N) is 1. The van der Waals surface area contributed by atoms with Crippen LogP contribution in [0.25, 0.3) is 0 Å². The van der Waals surface area contributed by atoms with Gasteiger partial charge in [0.2, 0.25) is 5.91 Å². The number of nitrogens with zero attached hydrogens (tertiary/aromatic N) is 2. The molecular weight excluding hydrogens is 254 g/mol. The van der Waals surface area contributed by atoms with Crippen molar-refractivity contribution in [3.05, 3.63) is 48.0 Å². The van der Waals surface area contributed by atoms with Gasteiger partial charge in [-0.25, -0.2) is 4.98 Å². The van der Waals surface area contributed by atoms with Gasteiger partial charge in [0.25, 0.3) is 0 Å². The van der Waals surface area contributed by atoms with Gasteiger partial charge in [-0.2, -0.15) is 0 Å². The normalized spacial score (nSPS) is 10.5. The van der Waals surface area contributed by atoms with E-state index >= 15 is 0 Å². The summed E-state index contributed by atoms with van der Waals surface area (Å²) < 4.78 is 6.64. The molecule has 20 heavy (non-hydrogen) atoms. The molecule has 0 bridgehead atoms. The minimum absolute atomic E-state index is 0.0385. The summed E-state index contributed by atoms with van der Waals surface area (Å²) in [6.45, 7) is 0.539. The van der Waals surface area contributed by atoms with Crippen molar-refractivity contribution < 1.29 is 9.53 Å². The Morgan fingerprint density at radius 3 is 2.70 bits per heavy atom. The molecular formula is C15H19N3O2. The van der Waals surface area contributed by atoms with E-state index in [2.05, 4.69) is 4.98 Å². The topological polar surface area (TPSA) is 70.1 Å². The molecule has 2 N–H and O–H groups in total. The highest BCUT2D eigenvalue weighted by atomic mass is 16.5. The smallest absolute Gasteiger partial charge is 0.232 e. The fourth-order valence-corrected chi connectivity index (χ4v) is 1.95. The zero-order valence-electron chi connectivity index (χ0n) is 11.6. The van der Waals surface area contributed by atoms with Gasteiger partial charge in [-0.15, -0.1) is 0 Å². The summed E-state index contributed by atoms with van der Waals surface area (Å²) in [7, 11) is 1.64. The quantitative estimate of drug-likeness (QED) is 0.869. The highest BCUT2D eigenvalue weighted by molar-refractivity contribution is 5.79. The summed E-state index contributed by atoms with van der Waals surface area (Å²) in [5, 5.41) is 0. The Hall–Kier alpha value is -2.14. The maximum Gasteiger partial charge on any atom is 0.232 e. The summed E-state index contributed by atoms with van der Waals surface area (Å²) in [4.78, 5) is 16.2. The maximum absolute atomic E-state index is 12.0. The maximum atomic E-state index is 12.0. The molecule has 0 spiro atoms. The second kappa shape index (κ2) is 6.86. The molecule has 0 atom stereocenters. The number of hydrogen-bond acceptors (Lipinski definition) is 4. The molecule has 1 aromatic heterocycles. The van der Waals surface area contributed by atoms with Gasteiger partial charge in [-0.05, 0) is 30.7 Å². The zero-order chi connectivity index (χ0) is 14.4. The van der Waals surface area contributed by atoms with Gasteiger partial charge in [-0.3, -0.25) is 9.36 Å². The van der Waals surface area contributed by atoms with Gasteiger partial charge < -0.3 is 10.5 Å². The van der Waals surface area contributed by atoms with Crippen LogP contribution in [0, 0.1) is 0 Å². The van der Waals surface area contributed by atoms with Gasteiger partial charge >= 0.3 is 0 Å². The van der Waals surface area contributed by atoms with Crippen LogP contribution < -0.4 is 10.5 Å². The highest BCUT2D eigenvalue weighted by Gasteiger charge is 2.07.